The Kier molecular flexibility index (Phi) is 17.8. The van der Waals surface area contributed by atoms with Gasteiger partial charge in [0.2, 0.25) is 5.79 Å². The van der Waals surface area contributed by atoms with Crippen LogP contribution in [-0.2, 0) is 22.7 Å². The Morgan fingerprint density at radius 2 is 1.64 bits per heavy atom. The predicted molar refractivity (Wildman–Crippen MR) is 279 cm³/mol. The minimum atomic E-state index is -1.71. The first kappa shape index (κ1) is 54.2. The summed E-state index contributed by atoms with van der Waals surface area (Å²) in [7, 11) is 2.99. The Morgan fingerprint density at radius 3 is 2.32 bits per heavy atom. The molecule has 8 rings (SSSR count). The van der Waals surface area contributed by atoms with Gasteiger partial charge in [0.25, 0.3) is 11.6 Å². The number of hydrogen-bond donors (Lipinski definition) is 3. The van der Waals surface area contributed by atoms with E-state index in [0.29, 0.717) is 89.4 Å². The van der Waals surface area contributed by atoms with Crippen LogP contribution in [0.25, 0.3) is 0 Å². The fourth-order valence-electron chi connectivity index (χ4n) is 10.7. The first-order valence-corrected chi connectivity index (χ1v) is 25.1. The number of carbonyl (C=O) groups is 2. The summed E-state index contributed by atoms with van der Waals surface area (Å²) in [5.74, 6) is -2.81. The molecule has 1 aliphatic heterocycles. The number of oxime groups is 1. The highest BCUT2D eigenvalue weighted by Gasteiger charge is 2.65. The van der Waals surface area contributed by atoms with Crippen molar-refractivity contribution in [1.29, 1.82) is 5.26 Å². The molecule has 2 amide bonds. The minimum Gasteiger partial charge on any atom is -0.497 e. The van der Waals surface area contributed by atoms with E-state index >= 15 is 4.79 Å². The Balaban J connectivity index is 1.33. The van der Waals surface area contributed by atoms with Gasteiger partial charge in [-0.3, -0.25) is 20.2 Å². The van der Waals surface area contributed by atoms with Gasteiger partial charge in [-0.25, -0.2) is 9.18 Å². The van der Waals surface area contributed by atoms with Gasteiger partial charge in [-0.2, -0.15) is 5.26 Å². The van der Waals surface area contributed by atoms with Crippen LogP contribution >= 0.6 is 0 Å². The molecule has 3 aliphatic rings. The van der Waals surface area contributed by atoms with E-state index in [1.54, 1.807) is 95.9 Å². The molecule has 0 bridgehead atoms. The maximum atomic E-state index is 15.5. The number of ether oxygens (including phenoxy) is 5. The number of aliphatic hydroxyl groups is 2. The summed E-state index contributed by atoms with van der Waals surface area (Å²) in [6.45, 7) is 3.82. The van der Waals surface area contributed by atoms with Crippen LogP contribution in [0.3, 0.4) is 0 Å². The highest BCUT2D eigenvalue weighted by molar-refractivity contribution is 6.03. The molecule has 0 spiro atoms. The molecule has 0 aromatic heterocycles. The van der Waals surface area contributed by atoms with Crippen LogP contribution in [0.4, 0.5) is 20.6 Å². The van der Waals surface area contributed by atoms with Crippen LogP contribution in [-0.4, -0.2) is 83.6 Å². The van der Waals surface area contributed by atoms with Crippen molar-refractivity contribution >= 4 is 29.1 Å². The van der Waals surface area contributed by atoms with Crippen molar-refractivity contribution in [2.45, 2.75) is 75.8 Å². The average molecular weight is 1040 g/mol. The summed E-state index contributed by atoms with van der Waals surface area (Å²) in [5.41, 5.74) is 3.91. The molecule has 18 heteroatoms. The number of carbonyl (C=O) groups excluding carboxylic acids is 2. The second kappa shape index (κ2) is 24.9. The topological polar surface area (TPSA) is 225 Å². The molecule has 396 valence electrons. The van der Waals surface area contributed by atoms with Gasteiger partial charge in [0.05, 0.1) is 54.7 Å². The molecular weight excluding hydrogens is 978 g/mol. The first-order valence-electron chi connectivity index (χ1n) is 25.1. The summed E-state index contributed by atoms with van der Waals surface area (Å²) in [4.78, 5) is 48.0. The summed E-state index contributed by atoms with van der Waals surface area (Å²) < 4.78 is 45.9. The Hall–Kier alpha value is -8.11. The van der Waals surface area contributed by atoms with Crippen molar-refractivity contribution in [2.75, 3.05) is 39.4 Å². The molecule has 17 nitrogen and oxygen atoms in total. The second-order valence-corrected chi connectivity index (χ2v) is 18.8. The van der Waals surface area contributed by atoms with Gasteiger partial charge in [0.1, 0.15) is 41.5 Å². The van der Waals surface area contributed by atoms with Crippen LogP contribution in [0.1, 0.15) is 83.5 Å². The lowest BCUT2D eigenvalue weighted by Crippen LogP contribution is -2.70. The van der Waals surface area contributed by atoms with Gasteiger partial charge in [0, 0.05) is 61.4 Å². The molecule has 1 heterocycles. The molecule has 5 aromatic carbocycles. The molecule has 0 radical (unpaired) electrons. The SMILES string of the molecule is C=CCO[C@@]12Oc3ccc(OC(=O)Nc4ccc(OC)cc4OC)cc3[C@H]3[C@H](CCCCO)[C@@H](CCCCO)C=C(C(=NOCc4ccc([N+](=O)[O-])cc4)C[C@@H]1N(Cc1ccc(F)cc1)C(=O)c1ccc(C#N)cc1)[C@H]32. The number of fused-ring (bicyclic) bond motifs is 2. The zero-order valence-electron chi connectivity index (χ0n) is 42.3. The number of anilines is 1. The number of rotatable bonds is 23. The lowest BCUT2D eigenvalue weighted by Gasteiger charge is -2.60. The van der Waals surface area contributed by atoms with Gasteiger partial charge in [-0.15, -0.1) is 6.58 Å². The number of nitrogens with one attached hydrogen (secondary N) is 1. The number of nitrogens with zero attached hydrogens (tertiary/aromatic N) is 4. The van der Waals surface area contributed by atoms with Gasteiger partial charge in [-0.05, 0) is 133 Å². The van der Waals surface area contributed by atoms with Crippen LogP contribution < -0.4 is 24.3 Å². The highest BCUT2D eigenvalue weighted by atomic mass is 19.1. The molecule has 3 N–H and O–H groups in total. The van der Waals surface area contributed by atoms with E-state index in [1.807, 2.05) is 0 Å². The predicted octanol–water partition coefficient (Wildman–Crippen LogP) is 10.4. The molecule has 2 aliphatic carbocycles. The van der Waals surface area contributed by atoms with Crippen LogP contribution in [0, 0.1) is 45.0 Å². The van der Waals surface area contributed by atoms with Crippen LogP contribution in [0.2, 0.25) is 0 Å². The smallest absolute Gasteiger partial charge is 0.417 e. The fourth-order valence-corrected chi connectivity index (χ4v) is 10.7. The number of allylic oxidation sites excluding steroid dienone is 1. The van der Waals surface area contributed by atoms with Gasteiger partial charge >= 0.3 is 6.09 Å². The summed E-state index contributed by atoms with van der Waals surface area (Å²) in [6, 6.07) is 29.1. The molecule has 6 atom stereocenters. The minimum absolute atomic E-state index is 0.000265. The number of amides is 2. The summed E-state index contributed by atoms with van der Waals surface area (Å²) >= 11 is 0. The van der Waals surface area contributed by atoms with Crippen molar-refractivity contribution in [2.24, 2.45) is 22.9 Å². The zero-order chi connectivity index (χ0) is 53.8. The average Bonchev–Trinajstić information content (AvgIpc) is 3.44. The number of unbranched alkanes of at least 4 members (excludes halogenated alkanes) is 2. The third-order valence-electron chi connectivity index (χ3n) is 14.2. The van der Waals surface area contributed by atoms with Crippen molar-refractivity contribution in [3.8, 4) is 29.1 Å². The third kappa shape index (κ3) is 12.0. The maximum Gasteiger partial charge on any atom is 0.417 e. The monoisotopic (exact) mass is 1040 g/mol. The van der Waals surface area contributed by atoms with E-state index in [-0.39, 0.29) is 68.2 Å². The Labute approximate surface area is 439 Å². The largest absolute Gasteiger partial charge is 0.497 e. The molecule has 1 saturated carbocycles. The number of aliphatic hydroxyl groups excluding tert-OH is 2. The van der Waals surface area contributed by atoms with E-state index in [0.717, 1.165) is 5.57 Å². The van der Waals surface area contributed by atoms with Gasteiger partial charge in [0.15, 0.2) is 0 Å². The molecule has 1 fully saturated rings. The summed E-state index contributed by atoms with van der Waals surface area (Å²) in [5, 5.41) is 49.0. The normalized spacial score (nSPS) is 20.6. The van der Waals surface area contributed by atoms with Crippen LogP contribution in [0.5, 0.6) is 23.0 Å². The third-order valence-corrected chi connectivity index (χ3v) is 14.2. The lowest BCUT2D eigenvalue weighted by atomic mass is 9.55. The number of methoxy groups -OCH3 is 2. The van der Waals surface area contributed by atoms with E-state index < -0.39 is 46.4 Å². The fraction of sp³-hybridized carbons (Fsp3) is 0.345. The van der Waals surface area contributed by atoms with E-state index in [9.17, 15) is 34.8 Å². The van der Waals surface area contributed by atoms with Crippen molar-refractivity contribution in [3.63, 3.8) is 0 Å². The van der Waals surface area contributed by atoms with Crippen molar-refractivity contribution in [3.05, 3.63) is 177 Å². The lowest BCUT2D eigenvalue weighted by molar-refractivity contribution is -0.384. The number of non-ortho nitro benzene ring substituents is 1. The van der Waals surface area contributed by atoms with E-state index in [1.165, 1.54) is 38.5 Å². The standard InChI is InChI=1S/C58H60FN5O12/c1-4-29-73-58-53(63(35-38-13-19-42(59)20-14-38)56(67)40-17-11-37(34-60)12-18-40)33-50(62-74-36-39-15-21-43(22-16-39)64(69)70)47-30-41(9-5-7-27-65)46(10-6-8-28-66)54(55(47)58)48-31-45(24-26-51(48)76-58)75-57(68)61-49-25-23-44(71-2)32-52(49)72-3/h4,11-26,30-32,41,46,53-55,65-66H,1,5-10,27-29,33,35-36H2,2-3H3,(H,61,68)/t41-,46+,53-,54+,55+,58+/m0/s1. The number of hydrogen-bond acceptors (Lipinski definition) is 14. The number of nitro benzene ring substituents is 1. The molecular formula is C58H60FN5O12. The number of benzene rings is 5. The van der Waals surface area contributed by atoms with E-state index in [2.05, 4.69) is 24.0 Å². The van der Waals surface area contributed by atoms with Crippen molar-refractivity contribution < 1.29 is 57.6 Å². The van der Waals surface area contributed by atoms with Crippen molar-refractivity contribution in [1.82, 2.24) is 4.90 Å². The Morgan fingerprint density at radius 1 is 0.934 bits per heavy atom. The quantitative estimate of drug-likeness (QED) is 0.0240. The zero-order valence-corrected chi connectivity index (χ0v) is 42.3. The molecule has 0 saturated heterocycles. The van der Waals surface area contributed by atoms with Gasteiger partial charge in [-0.1, -0.05) is 42.3 Å². The maximum absolute atomic E-state index is 15.5. The summed E-state index contributed by atoms with van der Waals surface area (Å²) in [6.07, 6.45) is 6.63. The van der Waals surface area contributed by atoms with Gasteiger partial charge < -0.3 is 43.6 Å². The molecule has 76 heavy (non-hydrogen) atoms. The Bertz CT molecular complexity index is 2980. The second-order valence-electron chi connectivity index (χ2n) is 18.8. The highest BCUT2D eigenvalue weighted by Crippen LogP contribution is 2.62. The molecule has 5 aromatic rings. The van der Waals surface area contributed by atoms with E-state index in [4.69, 9.17) is 33.7 Å². The first-order chi connectivity index (χ1) is 36.9. The van der Waals surface area contributed by atoms with Crippen LogP contribution in [0.15, 0.2) is 139 Å². The molecule has 0 unspecified atom stereocenters. The number of nitro groups is 1. The number of nitriles is 1. The number of halogens is 1.